The molecule has 1 N–H and O–H groups in total. The van der Waals surface area contributed by atoms with Gasteiger partial charge in [-0.15, -0.1) is 0 Å². The lowest BCUT2D eigenvalue weighted by Gasteiger charge is -2.43. The predicted octanol–water partition coefficient (Wildman–Crippen LogP) is 3.06. The lowest BCUT2D eigenvalue weighted by Crippen LogP contribution is -2.55. The van der Waals surface area contributed by atoms with Crippen LogP contribution in [0.4, 0.5) is 16.2 Å². The minimum Gasteiger partial charge on any atom is -0.493 e. The second-order valence-electron chi connectivity index (χ2n) is 9.69. The Morgan fingerprint density at radius 2 is 2.06 bits per heavy atom. The van der Waals surface area contributed by atoms with Crippen molar-refractivity contribution in [3.05, 3.63) is 17.7 Å². The average Bonchev–Trinajstić information content (AvgIpc) is 2.67. The third kappa shape index (κ3) is 4.44. The molecule has 2 amide bonds. The van der Waals surface area contributed by atoms with Gasteiger partial charge >= 0.3 is 6.09 Å². The van der Waals surface area contributed by atoms with Crippen molar-refractivity contribution in [1.29, 1.82) is 0 Å². The summed E-state index contributed by atoms with van der Waals surface area (Å²) in [4.78, 5) is 31.3. The van der Waals surface area contributed by atoms with Crippen LogP contribution in [0, 0.1) is 0 Å². The van der Waals surface area contributed by atoms with E-state index in [0.29, 0.717) is 19.7 Å². The van der Waals surface area contributed by atoms with Gasteiger partial charge < -0.3 is 24.6 Å². The second-order valence-corrected chi connectivity index (χ2v) is 9.69. The summed E-state index contributed by atoms with van der Waals surface area (Å²) in [6.07, 6.45) is 1.35. The molecule has 1 fully saturated rings. The van der Waals surface area contributed by atoms with Crippen molar-refractivity contribution in [1.82, 2.24) is 9.80 Å². The number of amides is 2. The van der Waals surface area contributed by atoms with Crippen LogP contribution in [0.1, 0.15) is 46.1 Å². The first-order valence-electron chi connectivity index (χ1n) is 11.2. The zero-order valence-corrected chi connectivity index (χ0v) is 19.2. The number of hydrogen-bond acceptors (Lipinski definition) is 6. The number of ether oxygens (including phenoxy) is 2. The highest BCUT2D eigenvalue weighted by Gasteiger charge is 2.35. The van der Waals surface area contributed by atoms with Crippen LogP contribution in [-0.4, -0.2) is 72.8 Å². The molecule has 0 aliphatic carbocycles. The lowest BCUT2D eigenvalue weighted by atomic mass is 10.0. The van der Waals surface area contributed by atoms with Crippen molar-refractivity contribution in [3.63, 3.8) is 0 Å². The second kappa shape index (κ2) is 8.22. The fourth-order valence-electron chi connectivity index (χ4n) is 4.67. The molecule has 1 aromatic carbocycles. The quantitative estimate of drug-likeness (QED) is 0.738. The van der Waals surface area contributed by atoms with Crippen molar-refractivity contribution in [2.45, 2.75) is 64.8 Å². The smallest absolute Gasteiger partial charge is 0.410 e. The summed E-state index contributed by atoms with van der Waals surface area (Å²) in [7, 11) is 1.97. The van der Waals surface area contributed by atoms with Crippen LogP contribution < -0.4 is 15.0 Å². The molecule has 8 nitrogen and oxygen atoms in total. The molecule has 3 aliphatic rings. The normalized spacial score (nSPS) is 24.1. The molecule has 0 bridgehead atoms. The standard InChI is InChI=1S/C23H34N4O4/c1-6-18-21(28)24-17-11-15-13-26-8-9-27(22(29)31-23(2,3)4)14-16(26)7-10-30-20(15)12-19(17)25(18)5/h11-12,16,18H,6-10,13-14H2,1-5H3,(H,24,28). The largest absolute Gasteiger partial charge is 0.493 e. The van der Waals surface area contributed by atoms with Crippen LogP contribution in [0.5, 0.6) is 5.75 Å². The summed E-state index contributed by atoms with van der Waals surface area (Å²) in [5.41, 5.74) is 2.41. The zero-order valence-electron chi connectivity index (χ0n) is 19.2. The van der Waals surface area contributed by atoms with Crippen LogP contribution >= 0.6 is 0 Å². The molecule has 2 atom stereocenters. The number of rotatable bonds is 1. The number of nitrogens with one attached hydrogen (secondary N) is 1. The van der Waals surface area contributed by atoms with E-state index in [4.69, 9.17) is 9.47 Å². The Labute approximate surface area is 184 Å². The van der Waals surface area contributed by atoms with Crippen molar-refractivity contribution in [3.8, 4) is 5.75 Å². The van der Waals surface area contributed by atoms with Crippen molar-refractivity contribution in [2.24, 2.45) is 0 Å². The van der Waals surface area contributed by atoms with E-state index in [1.54, 1.807) is 0 Å². The molecular weight excluding hydrogens is 396 g/mol. The number of fused-ring (bicyclic) bond motifs is 3. The topological polar surface area (TPSA) is 74.4 Å². The highest BCUT2D eigenvalue weighted by atomic mass is 16.6. The number of carbonyl (C=O) groups excluding carboxylic acids is 2. The van der Waals surface area contributed by atoms with Gasteiger partial charge in [0.15, 0.2) is 0 Å². The number of carbonyl (C=O) groups is 2. The number of benzene rings is 1. The first-order chi connectivity index (χ1) is 14.7. The molecule has 3 aliphatic heterocycles. The fourth-order valence-corrected chi connectivity index (χ4v) is 4.67. The van der Waals surface area contributed by atoms with Crippen LogP contribution in [0.25, 0.3) is 0 Å². The summed E-state index contributed by atoms with van der Waals surface area (Å²) >= 11 is 0. The summed E-state index contributed by atoms with van der Waals surface area (Å²) in [6, 6.07) is 4.16. The lowest BCUT2D eigenvalue weighted by molar-refractivity contribution is -0.117. The van der Waals surface area contributed by atoms with Gasteiger partial charge in [0.1, 0.15) is 17.4 Å². The summed E-state index contributed by atoms with van der Waals surface area (Å²) in [5, 5.41) is 3.07. The van der Waals surface area contributed by atoms with Gasteiger partial charge in [-0.05, 0) is 39.7 Å². The van der Waals surface area contributed by atoms with E-state index in [1.807, 2.05) is 50.6 Å². The highest BCUT2D eigenvalue weighted by molar-refractivity contribution is 6.03. The monoisotopic (exact) mass is 430 g/mol. The summed E-state index contributed by atoms with van der Waals surface area (Å²) in [5.74, 6) is 0.915. The van der Waals surface area contributed by atoms with E-state index in [2.05, 4.69) is 16.3 Å². The first-order valence-corrected chi connectivity index (χ1v) is 11.2. The molecule has 0 spiro atoms. The summed E-state index contributed by atoms with van der Waals surface area (Å²) < 4.78 is 11.7. The first kappa shape index (κ1) is 21.7. The summed E-state index contributed by atoms with van der Waals surface area (Å²) in [6.45, 7) is 11.1. The Morgan fingerprint density at radius 3 is 2.77 bits per heavy atom. The minimum atomic E-state index is -0.495. The molecule has 4 rings (SSSR count). The van der Waals surface area contributed by atoms with E-state index in [-0.39, 0.29) is 24.1 Å². The van der Waals surface area contributed by atoms with Gasteiger partial charge in [-0.3, -0.25) is 9.69 Å². The maximum Gasteiger partial charge on any atom is 0.410 e. The third-order valence-electron chi connectivity index (χ3n) is 6.31. The van der Waals surface area contributed by atoms with Crippen LogP contribution in [0.3, 0.4) is 0 Å². The number of hydrogen-bond donors (Lipinski definition) is 1. The molecule has 3 heterocycles. The number of anilines is 2. The number of likely N-dealkylation sites (N-methyl/N-ethyl adjacent to an activating group) is 1. The fraction of sp³-hybridized carbons (Fsp3) is 0.652. The van der Waals surface area contributed by atoms with Crippen molar-refractivity contribution in [2.75, 3.05) is 43.5 Å². The van der Waals surface area contributed by atoms with E-state index in [9.17, 15) is 9.59 Å². The maximum atomic E-state index is 12.5. The number of nitrogens with zero attached hydrogens (tertiary/aromatic N) is 3. The molecule has 1 aromatic rings. The molecule has 8 heteroatoms. The molecular formula is C23H34N4O4. The van der Waals surface area contributed by atoms with E-state index < -0.39 is 5.60 Å². The number of piperazine rings is 1. The minimum absolute atomic E-state index is 0.0352. The van der Waals surface area contributed by atoms with Gasteiger partial charge in [0.25, 0.3) is 0 Å². The molecule has 0 saturated carbocycles. The Morgan fingerprint density at radius 1 is 1.29 bits per heavy atom. The molecule has 0 aromatic heterocycles. The van der Waals surface area contributed by atoms with E-state index >= 15 is 0 Å². The highest BCUT2D eigenvalue weighted by Crippen LogP contribution is 2.39. The Hall–Kier alpha value is -2.48. The Bertz CT molecular complexity index is 866. The van der Waals surface area contributed by atoms with Gasteiger partial charge in [-0.1, -0.05) is 6.92 Å². The van der Waals surface area contributed by atoms with Crippen molar-refractivity contribution < 1.29 is 19.1 Å². The molecule has 2 unspecified atom stereocenters. The van der Waals surface area contributed by atoms with Crippen LogP contribution in [-0.2, 0) is 16.1 Å². The van der Waals surface area contributed by atoms with E-state index in [1.165, 1.54) is 0 Å². The van der Waals surface area contributed by atoms with E-state index in [0.717, 1.165) is 48.6 Å². The molecule has 170 valence electrons. The Kier molecular flexibility index (Phi) is 5.77. The van der Waals surface area contributed by atoms with Gasteiger partial charge in [0.2, 0.25) is 5.91 Å². The van der Waals surface area contributed by atoms with Gasteiger partial charge in [-0.2, -0.15) is 0 Å². The third-order valence-corrected chi connectivity index (χ3v) is 6.31. The Balaban J connectivity index is 1.52. The SMILES string of the molecule is CCC1C(=O)Nc2cc3c(cc2N1C)OCCC1CN(C(=O)OC(C)(C)C)CCN1C3. The van der Waals surface area contributed by atoms with Crippen LogP contribution in [0.2, 0.25) is 0 Å². The molecule has 31 heavy (non-hydrogen) atoms. The van der Waals surface area contributed by atoms with Crippen LogP contribution in [0.15, 0.2) is 12.1 Å². The van der Waals surface area contributed by atoms with Crippen molar-refractivity contribution >= 4 is 23.4 Å². The molecule has 0 radical (unpaired) electrons. The molecule has 1 saturated heterocycles. The van der Waals surface area contributed by atoms with Gasteiger partial charge in [0.05, 0.1) is 18.0 Å². The maximum absolute atomic E-state index is 12.5. The van der Waals surface area contributed by atoms with Gasteiger partial charge in [0, 0.05) is 50.9 Å². The van der Waals surface area contributed by atoms with Gasteiger partial charge in [-0.25, -0.2) is 4.79 Å². The zero-order chi connectivity index (χ0) is 22.3. The predicted molar refractivity (Wildman–Crippen MR) is 120 cm³/mol. The average molecular weight is 431 g/mol.